The van der Waals surface area contributed by atoms with Gasteiger partial charge in [-0.05, 0) is 42.3 Å². The van der Waals surface area contributed by atoms with E-state index in [0.717, 1.165) is 22.3 Å². The highest BCUT2D eigenvalue weighted by atomic mass is 32.2. The second-order valence-electron chi connectivity index (χ2n) is 8.57. The van der Waals surface area contributed by atoms with Crippen molar-refractivity contribution in [1.82, 2.24) is 4.31 Å². The van der Waals surface area contributed by atoms with E-state index in [1.807, 2.05) is 104 Å². The Morgan fingerprint density at radius 2 is 1.33 bits per heavy atom. The van der Waals surface area contributed by atoms with Crippen molar-refractivity contribution in [3.05, 3.63) is 138 Å². The van der Waals surface area contributed by atoms with E-state index in [-0.39, 0.29) is 4.90 Å². The molecule has 1 atom stereocenters. The Labute approximate surface area is 212 Å². The number of ether oxygens (including phenoxy) is 1. The summed E-state index contributed by atoms with van der Waals surface area (Å²) in [5.41, 5.74) is 4.70. The molecule has 6 heteroatoms. The van der Waals surface area contributed by atoms with Crippen LogP contribution in [0.4, 0.5) is 0 Å². The number of benzene rings is 4. The van der Waals surface area contributed by atoms with Crippen LogP contribution in [0.15, 0.2) is 125 Å². The Balaban J connectivity index is 1.75. The van der Waals surface area contributed by atoms with Gasteiger partial charge in [-0.1, -0.05) is 90.5 Å². The zero-order valence-electron chi connectivity index (χ0n) is 20.1. The molecular weight excluding hydrogens is 468 g/mol. The first kappa shape index (κ1) is 23.6. The summed E-state index contributed by atoms with van der Waals surface area (Å²) in [5, 5.41) is 0. The first-order chi connectivity index (χ1) is 17.5. The molecule has 0 saturated heterocycles. The van der Waals surface area contributed by atoms with Crippen LogP contribution in [0.3, 0.4) is 0 Å². The minimum Gasteiger partial charge on any atom is -0.497 e. The summed E-state index contributed by atoms with van der Waals surface area (Å²) in [6, 6.07) is 33.1. The molecule has 0 radical (unpaired) electrons. The number of hydrogen-bond acceptors (Lipinski definition) is 4. The van der Waals surface area contributed by atoms with E-state index >= 15 is 0 Å². The molecule has 180 valence electrons. The van der Waals surface area contributed by atoms with Gasteiger partial charge in [-0.15, -0.1) is 0 Å². The van der Waals surface area contributed by atoms with Gasteiger partial charge in [0, 0.05) is 11.8 Å². The van der Waals surface area contributed by atoms with Gasteiger partial charge < -0.3 is 4.74 Å². The molecule has 0 fully saturated rings. The van der Waals surface area contributed by atoms with E-state index in [4.69, 9.17) is 9.73 Å². The molecule has 1 unspecified atom stereocenters. The number of hydrogen-bond donors (Lipinski definition) is 0. The van der Waals surface area contributed by atoms with Gasteiger partial charge in [0.05, 0.1) is 23.4 Å². The summed E-state index contributed by atoms with van der Waals surface area (Å²) in [4.78, 5) is 5.26. The fourth-order valence-corrected chi connectivity index (χ4v) is 5.71. The van der Waals surface area contributed by atoms with Gasteiger partial charge in [0.2, 0.25) is 0 Å². The number of nitrogens with zero attached hydrogens (tertiary/aromatic N) is 2. The minimum atomic E-state index is -3.93. The summed E-state index contributed by atoms with van der Waals surface area (Å²) in [5.74, 6) is 0.696. The molecule has 0 saturated carbocycles. The molecule has 0 aliphatic carbocycles. The smallest absolute Gasteiger partial charge is 0.264 e. The highest BCUT2D eigenvalue weighted by Crippen LogP contribution is 2.38. The Morgan fingerprint density at radius 3 is 1.92 bits per heavy atom. The zero-order chi connectivity index (χ0) is 25.1. The Morgan fingerprint density at radius 1 is 0.750 bits per heavy atom. The predicted molar refractivity (Wildman–Crippen MR) is 143 cm³/mol. The number of sulfonamides is 1. The van der Waals surface area contributed by atoms with Crippen LogP contribution >= 0.6 is 0 Å². The van der Waals surface area contributed by atoms with Gasteiger partial charge >= 0.3 is 0 Å². The number of aryl methyl sites for hydroxylation is 1. The third-order valence-corrected chi connectivity index (χ3v) is 7.91. The molecule has 0 aromatic heterocycles. The van der Waals surface area contributed by atoms with Crippen LogP contribution < -0.4 is 4.74 Å². The number of aliphatic imine (C=N–C) groups is 1. The molecular formula is C30H26N2O3S. The van der Waals surface area contributed by atoms with Crippen molar-refractivity contribution < 1.29 is 13.2 Å². The van der Waals surface area contributed by atoms with Crippen LogP contribution in [0.5, 0.6) is 5.75 Å². The lowest BCUT2D eigenvalue weighted by molar-refractivity contribution is 0.414. The lowest BCUT2D eigenvalue weighted by atomic mass is 9.94. The highest BCUT2D eigenvalue weighted by Gasteiger charge is 2.37. The van der Waals surface area contributed by atoms with E-state index in [2.05, 4.69) is 0 Å². The van der Waals surface area contributed by atoms with E-state index < -0.39 is 16.1 Å². The van der Waals surface area contributed by atoms with Crippen molar-refractivity contribution >= 4 is 21.4 Å². The Bertz CT molecular complexity index is 1510. The molecule has 1 aliphatic heterocycles. The van der Waals surface area contributed by atoms with Gasteiger partial charge in [0.25, 0.3) is 10.0 Å². The third-order valence-electron chi connectivity index (χ3n) is 6.17. The maximum absolute atomic E-state index is 14.2. The highest BCUT2D eigenvalue weighted by molar-refractivity contribution is 7.89. The molecule has 0 bridgehead atoms. The maximum atomic E-state index is 14.2. The van der Waals surface area contributed by atoms with Gasteiger partial charge in [-0.3, -0.25) is 4.31 Å². The molecule has 4 aromatic carbocycles. The van der Waals surface area contributed by atoms with Gasteiger partial charge in [-0.25, -0.2) is 13.4 Å². The van der Waals surface area contributed by atoms with Crippen molar-refractivity contribution in [3.63, 3.8) is 0 Å². The lowest BCUT2D eigenvalue weighted by Gasteiger charge is -2.35. The van der Waals surface area contributed by atoms with Crippen LogP contribution in [-0.2, 0) is 10.0 Å². The Hall–Kier alpha value is -4.16. The summed E-state index contributed by atoms with van der Waals surface area (Å²) in [7, 11) is -2.32. The van der Waals surface area contributed by atoms with Crippen LogP contribution in [0.2, 0.25) is 0 Å². The van der Waals surface area contributed by atoms with Crippen molar-refractivity contribution in [2.24, 2.45) is 4.99 Å². The molecule has 5 rings (SSSR count). The fourth-order valence-electron chi connectivity index (χ4n) is 4.25. The van der Waals surface area contributed by atoms with Crippen molar-refractivity contribution in [1.29, 1.82) is 0 Å². The monoisotopic (exact) mass is 494 g/mol. The molecule has 0 N–H and O–H groups in total. The standard InChI is InChI=1S/C30H26N2O3S/c1-22-13-19-27(20-14-22)36(33,34)32-21-28(23-9-5-3-6-10-23)31-29(24-11-7-4-8-12-24)30(32)25-15-17-26(35-2)18-16-25/h3-21,30H,1-2H3. The quantitative estimate of drug-likeness (QED) is 0.319. The molecule has 1 heterocycles. The summed E-state index contributed by atoms with van der Waals surface area (Å²) >= 11 is 0. The maximum Gasteiger partial charge on any atom is 0.264 e. The van der Waals surface area contributed by atoms with E-state index in [1.165, 1.54) is 4.31 Å². The topological polar surface area (TPSA) is 59.0 Å². The SMILES string of the molecule is COc1ccc(C2C(c3ccccc3)=NC(c3ccccc3)=CN2S(=O)(=O)c2ccc(C)cc2)cc1. The van der Waals surface area contributed by atoms with Crippen LogP contribution in [0.25, 0.3) is 5.70 Å². The molecule has 36 heavy (non-hydrogen) atoms. The summed E-state index contributed by atoms with van der Waals surface area (Å²) in [6.45, 7) is 1.94. The molecule has 5 nitrogen and oxygen atoms in total. The van der Waals surface area contributed by atoms with Crippen molar-refractivity contribution in [2.75, 3.05) is 7.11 Å². The predicted octanol–water partition coefficient (Wildman–Crippen LogP) is 6.24. The van der Waals surface area contributed by atoms with Crippen LogP contribution in [0, 0.1) is 6.92 Å². The van der Waals surface area contributed by atoms with E-state index in [9.17, 15) is 8.42 Å². The van der Waals surface area contributed by atoms with Gasteiger partial charge in [-0.2, -0.15) is 0 Å². The molecule has 1 aliphatic rings. The molecule has 0 spiro atoms. The van der Waals surface area contributed by atoms with Gasteiger partial charge in [0.1, 0.15) is 11.8 Å². The average molecular weight is 495 g/mol. The van der Waals surface area contributed by atoms with Crippen molar-refractivity contribution in [3.8, 4) is 5.75 Å². The molecule has 4 aromatic rings. The average Bonchev–Trinajstić information content (AvgIpc) is 2.93. The Kier molecular flexibility index (Phi) is 6.44. The number of methoxy groups -OCH3 is 1. The van der Waals surface area contributed by atoms with Crippen LogP contribution in [-0.4, -0.2) is 25.5 Å². The lowest BCUT2D eigenvalue weighted by Crippen LogP contribution is -2.38. The number of rotatable bonds is 6. The second kappa shape index (κ2) is 9.84. The van der Waals surface area contributed by atoms with Gasteiger partial charge in [0.15, 0.2) is 0 Å². The fraction of sp³-hybridized carbons (Fsp3) is 0.100. The normalized spacial score (nSPS) is 15.7. The molecule has 0 amide bonds. The summed E-state index contributed by atoms with van der Waals surface area (Å²) < 4.78 is 35.1. The van der Waals surface area contributed by atoms with Crippen molar-refractivity contribution in [2.45, 2.75) is 17.9 Å². The first-order valence-electron chi connectivity index (χ1n) is 11.6. The third kappa shape index (κ3) is 4.55. The largest absolute Gasteiger partial charge is 0.497 e. The first-order valence-corrected chi connectivity index (χ1v) is 13.1. The van der Waals surface area contributed by atoms with E-state index in [1.54, 1.807) is 25.4 Å². The zero-order valence-corrected chi connectivity index (χ0v) is 20.9. The summed E-state index contributed by atoms with van der Waals surface area (Å²) in [6.07, 6.45) is 1.64. The minimum absolute atomic E-state index is 0.226. The second-order valence-corrected chi connectivity index (χ2v) is 10.4. The van der Waals surface area contributed by atoms with Crippen LogP contribution in [0.1, 0.15) is 28.3 Å². The van der Waals surface area contributed by atoms with E-state index in [0.29, 0.717) is 17.2 Å².